The topological polar surface area (TPSA) is 48.1 Å². The van der Waals surface area contributed by atoms with Crippen LogP contribution in [0.2, 0.25) is 0 Å². The zero-order valence-corrected chi connectivity index (χ0v) is 9.73. The lowest BCUT2D eigenvalue weighted by Crippen LogP contribution is -2.35. The molecule has 0 spiro atoms. The summed E-state index contributed by atoms with van der Waals surface area (Å²) in [5.74, 6) is 0. The smallest absolute Gasteiger partial charge is 0.0637 e. The van der Waals surface area contributed by atoms with Crippen molar-refractivity contribution in [3.63, 3.8) is 0 Å². The molecule has 1 atom stereocenters. The largest absolute Gasteiger partial charge is 0.379 e. The van der Waals surface area contributed by atoms with Crippen molar-refractivity contribution in [3.8, 4) is 0 Å². The van der Waals surface area contributed by atoms with Gasteiger partial charge >= 0.3 is 0 Å². The van der Waals surface area contributed by atoms with E-state index in [9.17, 15) is 0 Å². The van der Waals surface area contributed by atoms with Crippen LogP contribution < -0.4 is 5.73 Å². The molecular formula is C12H20N2O. The molecule has 0 aliphatic heterocycles. The van der Waals surface area contributed by atoms with Crippen molar-refractivity contribution in [1.82, 2.24) is 4.98 Å². The Morgan fingerprint density at radius 1 is 1.47 bits per heavy atom. The number of hydrogen-bond acceptors (Lipinski definition) is 3. The maximum absolute atomic E-state index is 6.05. The minimum Gasteiger partial charge on any atom is -0.379 e. The quantitative estimate of drug-likeness (QED) is 0.802. The third-order valence-corrected chi connectivity index (χ3v) is 2.50. The molecule has 1 heterocycles. The molecule has 84 valence electrons. The van der Waals surface area contributed by atoms with Crippen molar-refractivity contribution in [3.05, 3.63) is 30.1 Å². The highest BCUT2D eigenvalue weighted by Crippen LogP contribution is 2.16. The summed E-state index contributed by atoms with van der Waals surface area (Å²) in [5, 5.41) is 0. The zero-order valence-electron chi connectivity index (χ0n) is 9.73. The van der Waals surface area contributed by atoms with Crippen molar-refractivity contribution in [2.75, 3.05) is 7.11 Å². The third-order valence-electron chi connectivity index (χ3n) is 2.50. The molecule has 0 aliphatic carbocycles. The number of rotatable bonds is 5. The van der Waals surface area contributed by atoms with Gasteiger partial charge < -0.3 is 10.5 Å². The first-order chi connectivity index (χ1) is 7.03. The molecule has 3 nitrogen and oxygen atoms in total. The highest BCUT2D eigenvalue weighted by molar-refractivity contribution is 5.05. The Morgan fingerprint density at radius 2 is 2.20 bits per heavy atom. The minimum absolute atomic E-state index is 0.0925. The Kier molecular flexibility index (Phi) is 4.24. The number of nitrogens with two attached hydrogens (primary N) is 1. The SMILES string of the molecule is COC(C)(C)CC(N)Cc1ccccn1. The van der Waals surface area contributed by atoms with E-state index in [1.807, 2.05) is 32.0 Å². The van der Waals surface area contributed by atoms with E-state index in [1.54, 1.807) is 13.3 Å². The summed E-state index contributed by atoms with van der Waals surface area (Å²) in [5.41, 5.74) is 6.93. The third kappa shape index (κ3) is 4.40. The first-order valence-electron chi connectivity index (χ1n) is 5.24. The van der Waals surface area contributed by atoms with Crippen LogP contribution in [0, 0.1) is 0 Å². The van der Waals surface area contributed by atoms with Crippen LogP contribution in [-0.2, 0) is 11.2 Å². The Bertz CT molecular complexity index is 285. The Hall–Kier alpha value is -0.930. The summed E-state index contributed by atoms with van der Waals surface area (Å²) < 4.78 is 5.35. The fraction of sp³-hybridized carbons (Fsp3) is 0.583. The van der Waals surface area contributed by atoms with Gasteiger partial charge in [0.2, 0.25) is 0 Å². The molecule has 1 aromatic heterocycles. The second-order valence-electron chi connectivity index (χ2n) is 4.45. The van der Waals surface area contributed by atoms with Crippen LogP contribution >= 0.6 is 0 Å². The van der Waals surface area contributed by atoms with Crippen LogP contribution in [0.15, 0.2) is 24.4 Å². The molecule has 0 bridgehead atoms. The molecule has 2 N–H and O–H groups in total. The van der Waals surface area contributed by atoms with Gasteiger partial charge in [0.05, 0.1) is 5.60 Å². The number of hydrogen-bond donors (Lipinski definition) is 1. The van der Waals surface area contributed by atoms with E-state index in [2.05, 4.69) is 4.98 Å². The molecule has 0 aromatic carbocycles. The fourth-order valence-electron chi connectivity index (χ4n) is 1.57. The summed E-state index contributed by atoms with van der Waals surface area (Å²) >= 11 is 0. The van der Waals surface area contributed by atoms with Gasteiger partial charge in [-0.15, -0.1) is 0 Å². The molecule has 0 amide bonds. The van der Waals surface area contributed by atoms with Gasteiger partial charge in [-0.1, -0.05) is 6.07 Å². The summed E-state index contributed by atoms with van der Waals surface area (Å²) in [7, 11) is 1.72. The standard InChI is InChI=1S/C12H20N2O/c1-12(2,15-3)9-10(13)8-11-6-4-5-7-14-11/h4-7,10H,8-9,13H2,1-3H3. The molecule has 0 saturated heterocycles. The molecular weight excluding hydrogens is 188 g/mol. The van der Waals surface area contributed by atoms with Crippen LogP contribution in [0.3, 0.4) is 0 Å². The second kappa shape index (κ2) is 5.24. The molecule has 0 saturated carbocycles. The number of aromatic nitrogens is 1. The van der Waals surface area contributed by atoms with Crippen molar-refractivity contribution in [2.45, 2.75) is 38.3 Å². The number of methoxy groups -OCH3 is 1. The van der Waals surface area contributed by atoms with E-state index in [0.29, 0.717) is 0 Å². The predicted molar refractivity (Wildman–Crippen MR) is 61.6 cm³/mol. The van der Waals surface area contributed by atoms with Gasteiger partial charge in [0.25, 0.3) is 0 Å². The Labute approximate surface area is 91.7 Å². The van der Waals surface area contributed by atoms with Crippen molar-refractivity contribution < 1.29 is 4.74 Å². The zero-order chi connectivity index (χ0) is 11.3. The van der Waals surface area contributed by atoms with Gasteiger partial charge in [0.1, 0.15) is 0 Å². The van der Waals surface area contributed by atoms with Gasteiger partial charge in [-0.3, -0.25) is 4.98 Å². The number of ether oxygens (including phenoxy) is 1. The van der Waals surface area contributed by atoms with Crippen LogP contribution in [0.4, 0.5) is 0 Å². The van der Waals surface area contributed by atoms with Crippen LogP contribution in [0.25, 0.3) is 0 Å². The summed E-state index contributed by atoms with van der Waals surface area (Å²) in [6.45, 7) is 4.09. The average molecular weight is 208 g/mol. The lowest BCUT2D eigenvalue weighted by molar-refractivity contribution is 0.0101. The highest BCUT2D eigenvalue weighted by atomic mass is 16.5. The van der Waals surface area contributed by atoms with Crippen LogP contribution in [0.5, 0.6) is 0 Å². The van der Waals surface area contributed by atoms with E-state index in [-0.39, 0.29) is 11.6 Å². The average Bonchev–Trinajstić information content (AvgIpc) is 2.18. The maximum Gasteiger partial charge on any atom is 0.0637 e. The van der Waals surface area contributed by atoms with Crippen molar-refractivity contribution >= 4 is 0 Å². The van der Waals surface area contributed by atoms with Crippen LogP contribution in [-0.4, -0.2) is 23.7 Å². The van der Waals surface area contributed by atoms with Gasteiger partial charge in [-0.25, -0.2) is 0 Å². The molecule has 1 unspecified atom stereocenters. The van der Waals surface area contributed by atoms with E-state index in [1.165, 1.54) is 0 Å². The van der Waals surface area contributed by atoms with Gasteiger partial charge in [0, 0.05) is 31.5 Å². The van der Waals surface area contributed by atoms with E-state index >= 15 is 0 Å². The number of nitrogens with zero attached hydrogens (tertiary/aromatic N) is 1. The molecule has 0 aliphatic rings. The fourth-order valence-corrected chi connectivity index (χ4v) is 1.57. The van der Waals surface area contributed by atoms with Crippen molar-refractivity contribution in [1.29, 1.82) is 0 Å². The minimum atomic E-state index is -0.159. The van der Waals surface area contributed by atoms with Crippen LogP contribution in [0.1, 0.15) is 26.0 Å². The summed E-state index contributed by atoms with van der Waals surface area (Å²) in [6, 6.07) is 5.99. The van der Waals surface area contributed by atoms with E-state index in [0.717, 1.165) is 18.5 Å². The molecule has 1 aromatic rings. The summed E-state index contributed by atoms with van der Waals surface area (Å²) in [4.78, 5) is 4.25. The van der Waals surface area contributed by atoms with E-state index < -0.39 is 0 Å². The first kappa shape index (κ1) is 12.1. The maximum atomic E-state index is 6.05. The monoisotopic (exact) mass is 208 g/mol. The molecule has 0 fully saturated rings. The van der Waals surface area contributed by atoms with E-state index in [4.69, 9.17) is 10.5 Å². The molecule has 0 radical (unpaired) electrons. The second-order valence-corrected chi connectivity index (χ2v) is 4.45. The highest BCUT2D eigenvalue weighted by Gasteiger charge is 2.20. The molecule has 15 heavy (non-hydrogen) atoms. The molecule has 1 rings (SSSR count). The lowest BCUT2D eigenvalue weighted by Gasteiger charge is -2.26. The van der Waals surface area contributed by atoms with Gasteiger partial charge in [-0.05, 0) is 32.4 Å². The normalized spacial score (nSPS) is 13.9. The van der Waals surface area contributed by atoms with Gasteiger partial charge in [0.15, 0.2) is 0 Å². The first-order valence-corrected chi connectivity index (χ1v) is 5.24. The van der Waals surface area contributed by atoms with Gasteiger partial charge in [-0.2, -0.15) is 0 Å². The molecule has 3 heteroatoms. The number of pyridine rings is 1. The lowest BCUT2D eigenvalue weighted by atomic mass is 9.96. The summed E-state index contributed by atoms with van der Waals surface area (Å²) in [6.07, 6.45) is 3.43. The van der Waals surface area contributed by atoms with Crippen molar-refractivity contribution in [2.24, 2.45) is 5.73 Å². The Balaban J connectivity index is 2.46. The Morgan fingerprint density at radius 3 is 2.73 bits per heavy atom. The predicted octanol–water partition coefficient (Wildman–Crippen LogP) is 1.77.